The van der Waals surface area contributed by atoms with Crippen LogP contribution < -0.4 is 5.32 Å². The molecule has 0 spiro atoms. The number of piperidine rings is 1. The summed E-state index contributed by atoms with van der Waals surface area (Å²) in [6, 6.07) is 4.66. The van der Waals surface area contributed by atoms with Crippen LogP contribution in [0.1, 0.15) is 53.1 Å². The Hall–Kier alpha value is -3.64. The molecule has 2 aromatic rings. The Labute approximate surface area is 207 Å². The number of amides is 4. The number of imide groups is 1. The molecule has 4 amide bonds. The highest BCUT2D eigenvalue weighted by atomic mass is 16.3. The van der Waals surface area contributed by atoms with Crippen LogP contribution in [0.2, 0.25) is 0 Å². The predicted octanol–water partition coefficient (Wildman–Crippen LogP) is -0.445. The molecule has 5 rings (SSSR count). The van der Waals surface area contributed by atoms with Crippen molar-refractivity contribution in [2.45, 2.75) is 51.4 Å². The lowest BCUT2D eigenvalue weighted by Crippen LogP contribution is -2.55. The number of hydrogen-bond acceptors (Lipinski definition) is 8. The normalized spacial score (nSPS) is 23.6. The molecule has 12 nitrogen and oxygen atoms in total. The van der Waals surface area contributed by atoms with Gasteiger partial charge in [0.05, 0.1) is 18.0 Å². The summed E-state index contributed by atoms with van der Waals surface area (Å²) in [7, 11) is 0. The van der Waals surface area contributed by atoms with E-state index in [-0.39, 0.29) is 42.4 Å². The molecule has 0 aliphatic carbocycles. The van der Waals surface area contributed by atoms with Gasteiger partial charge in [0.2, 0.25) is 11.8 Å². The average Bonchev–Trinajstić information content (AvgIpc) is 3.45. The summed E-state index contributed by atoms with van der Waals surface area (Å²) in [6.07, 6.45) is 1.66. The van der Waals surface area contributed by atoms with Crippen LogP contribution >= 0.6 is 0 Å². The number of benzene rings is 1. The molecule has 2 saturated heterocycles. The molecule has 2 N–H and O–H groups in total. The molecule has 1 aromatic heterocycles. The van der Waals surface area contributed by atoms with E-state index in [1.54, 1.807) is 36.2 Å². The third-order valence-electron chi connectivity index (χ3n) is 7.04. The van der Waals surface area contributed by atoms with Crippen molar-refractivity contribution in [1.29, 1.82) is 0 Å². The Bertz CT molecular complexity index is 1230. The number of carbonyl (C=O) groups is 4. The smallest absolute Gasteiger partial charge is 0.276 e. The van der Waals surface area contributed by atoms with Crippen LogP contribution in [-0.4, -0.2) is 103 Å². The summed E-state index contributed by atoms with van der Waals surface area (Å²) in [4.78, 5) is 55.1. The lowest BCUT2D eigenvalue weighted by atomic mass is 10.0. The quantitative estimate of drug-likeness (QED) is 0.532. The van der Waals surface area contributed by atoms with Crippen molar-refractivity contribution in [2.24, 2.45) is 0 Å². The van der Waals surface area contributed by atoms with E-state index < -0.39 is 18.1 Å². The summed E-state index contributed by atoms with van der Waals surface area (Å²) in [5.74, 6) is -1.22. The van der Waals surface area contributed by atoms with Crippen molar-refractivity contribution in [3.8, 4) is 5.69 Å². The van der Waals surface area contributed by atoms with E-state index in [0.29, 0.717) is 43.9 Å². The number of aliphatic hydroxyl groups excluding tert-OH is 1. The van der Waals surface area contributed by atoms with E-state index in [1.807, 2.05) is 6.92 Å². The molecule has 3 aliphatic rings. The number of hydrogen-bond donors (Lipinski definition) is 2. The Balaban J connectivity index is 1.28. The average molecular weight is 496 g/mol. The number of fused-ring (bicyclic) bond motifs is 1. The zero-order valence-electron chi connectivity index (χ0n) is 20.3. The van der Waals surface area contributed by atoms with Crippen molar-refractivity contribution in [1.82, 2.24) is 35.0 Å². The summed E-state index contributed by atoms with van der Waals surface area (Å²) < 4.78 is 1.50. The standard InChI is InChI=1S/C24H29N7O5/c1-14-10-29(8-7-28(14)11-15(2)32)24(36)19-13-31(27-26-19)17-3-4-18-16(9-17)12-30(23(18)35)20-5-6-21(33)25-22(20)34/h3-4,9,13-15,20,32H,5-8,10-12H2,1-2H3,(H,25,33,34). The van der Waals surface area contributed by atoms with Gasteiger partial charge in [0.15, 0.2) is 5.69 Å². The molecule has 12 heteroatoms. The molecule has 0 saturated carbocycles. The number of β-amino-alcohol motifs (C(OH)–C–C–N with tert-alkyl or cyclic N) is 1. The van der Waals surface area contributed by atoms with Gasteiger partial charge >= 0.3 is 0 Å². The van der Waals surface area contributed by atoms with Gasteiger partial charge < -0.3 is 14.9 Å². The molecular weight excluding hydrogens is 466 g/mol. The zero-order chi connectivity index (χ0) is 25.6. The number of aromatic nitrogens is 3. The first-order valence-electron chi connectivity index (χ1n) is 12.1. The maximum Gasteiger partial charge on any atom is 0.276 e. The van der Waals surface area contributed by atoms with Gasteiger partial charge in [0.25, 0.3) is 11.8 Å². The van der Waals surface area contributed by atoms with E-state index in [9.17, 15) is 24.3 Å². The van der Waals surface area contributed by atoms with Crippen molar-refractivity contribution < 1.29 is 24.3 Å². The van der Waals surface area contributed by atoms with Gasteiger partial charge in [0, 0.05) is 50.7 Å². The van der Waals surface area contributed by atoms with Crippen LogP contribution in [0.15, 0.2) is 24.4 Å². The lowest BCUT2D eigenvalue weighted by Gasteiger charge is -2.40. The molecular formula is C24H29N7O5. The topological polar surface area (TPSA) is 141 Å². The van der Waals surface area contributed by atoms with Gasteiger partial charge in [-0.1, -0.05) is 5.21 Å². The number of aliphatic hydroxyl groups is 1. The minimum absolute atomic E-state index is 0.119. The van der Waals surface area contributed by atoms with E-state index in [4.69, 9.17) is 0 Å². The molecule has 4 heterocycles. The van der Waals surface area contributed by atoms with E-state index in [2.05, 4.69) is 20.5 Å². The van der Waals surface area contributed by atoms with Crippen LogP contribution in [0.3, 0.4) is 0 Å². The first kappa shape index (κ1) is 24.1. The number of nitrogens with zero attached hydrogens (tertiary/aromatic N) is 6. The van der Waals surface area contributed by atoms with Gasteiger partial charge in [-0.25, -0.2) is 4.68 Å². The second-order valence-corrected chi connectivity index (χ2v) is 9.73. The third kappa shape index (κ3) is 4.49. The first-order chi connectivity index (χ1) is 17.2. The first-order valence-corrected chi connectivity index (χ1v) is 12.1. The molecule has 2 fully saturated rings. The van der Waals surface area contributed by atoms with Gasteiger partial charge in [-0.15, -0.1) is 5.10 Å². The predicted molar refractivity (Wildman–Crippen MR) is 126 cm³/mol. The van der Waals surface area contributed by atoms with Crippen molar-refractivity contribution >= 4 is 23.6 Å². The maximum atomic E-state index is 13.0. The maximum absolute atomic E-state index is 13.0. The molecule has 3 unspecified atom stereocenters. The van der Waals surface area contributed by atoms with Crippen LogP contribution in [0.4, 0.5) is 0 Å². The van der Waals surface area contributed by atoms with Gasteiger partial charge in [0.1, 0.15) is 6.04 Å². The van der Waals surface area contributed by atoms with E-state index >= 15 is 0 Å². The molecule has 190 valence electrons. The molecule has 3 aliphatic heterocycles. The van der Waals surface area contributed by atoms with Gasteiger partial charge in [-0.3, -0.25) is 29.4 Å². The number of carbonyl (C=O) groups excluding carboxylic acids is 4. The Morgan fingerprint density at radius 1 is 1.25 bits per heavy atom. The number of nitrogens with one attached hydrogen (secondary N) is 1. The molecule has 3 atom stereocenters. The fourth-order valence-electron chi connectivity index (χ4n) is 5.14. The third-order valence-corrected chi connectivity index (χ3v) is 7.04. The second-order valence-electron chi connectivity index (χ2n) is 9.73. The summed E-state index contributed by atoms with van der Waals surface area (Å²) >= 11 is 0. The Morgan fingerprint density at radius 2 is 2.06 bits per heavy atom. The minimum Gasteiger partial charge on any atom is -0.392 e. The monoisotopic (exact) mass is 495 g/mol. The van der Waals surface area contributed by atoms with Gasteiger partial charge in [-0.05, 0) is 44.0 Å². The molecule has 1 aromatic carbocycles. The number of rotatable bonds is 5. The highest BCUT2D eigenvalue weighted by Gasteiger charge is 2.39. The second kappa shape index (κ2) is 9.43. The lowest BCUT2D eigenvalue weighted by molar-refractivity contribution is -0.136. The summed E-state index contributed by atoms with van der Waals surface area (Å²) in [5, 5.41) is 20.2. The molecule has 0 radical (unpaired) electrons. The largest absolute Gasteiger partial charge is 0.392 e. The van der Waals surface area contributed by atoms with Crippen LogP contribution in [0.5, 0.6) is 0 Å². The van der Waals surface area contributed by atoms with E-state index in [1.165, 1.54) is 9.58 Å². The Morgan fingerprint density at radius 3 is 2.78 bits per heavy atom. The zero-order valence-corrected chi connectivity index (χ0v) is 20.3. The highest BCUT2D eigenvalue weighted by Crippen LogP contribution is 2.29. The number of piperazine rings is 1. The van der Waals surface area contributed by atoms with Gasteiger partial charge in [-0.2, -0.15) is 0 Å². The Kier molecular flexibility index (Phi) is 6.31. The van der Waals surface area contributed by atoms with Crippen molar-refractivity contribution in [2.75, 3.05) is 26.2 Å². The molecule has 36 heavy (non-hydrogen) atoms. The fourth-order valence-corrected chi connectivity index (χ4v) is 5.14. The molecule has 0 bridgehead atoms. The summed E-state index contributed by atoms with van der Waals surface area (Å²) in [5.41, 5.74) is 2.12. The van der Waals surface area contributed by atoms with Crippen LogP contribution in [-0.2, 0) is 16.1 Å². The van der Waals surface area contributed by atoms with Crippen molar-refractivity contribution in [3.63, 3.8) is 0 Å². The van der Waals surface area contributed by atoms with Crippen LogP contribution in [0.25, 0.3) is 5.69 Å². The minimum atomic E-state index is -0.676. The fraction of sp³-hybridized carbons (Fsp3) is 0.500. The van der Waals surface area contributed by atoms with Crippen LogP contribution in [0, 0.1) is 0 Å². The van der Waals surface area contributed by atoms with E-state index in [0.717, 1.165) is 5.56 Å². The van der Waals surface area contributed by atoms with Crippen molar-refractivity contribution in [3.05, 3.63) is 41.2 Å². The summed E-state index contributed by atoms with van der Waals surface area (Å²) in [6.45, 7) is 6.36. The highest BCUT2D eigenvalue weighted by molar-refractivity contribution is 6.05. The SMILES string of the molecule is CC(O)CN1CCN(C(=O)c2cn(-c3ccc4c(c3)CN(C3CCC(=O)NC3=O)C4=O)nn2)CC1C.